The van der Waals surface area contributed by atoms with Gasteiger partial charge in [-0.25, -0.2) is 0 Å². The second-order valence-corrected chi connectivity index (χ2v) is 0. The predicted octanol–water partition coefficient (Wildman–Crippen LogP) is 2.10. The number of halogens is 1. The molecule has 0 unspecified atom stereocenters. The van der Waals surface area contributed by atoms with Crippen LogP contribution in [-0.2, 0) is 21.7 Å². The SMILES string of the molecule is Cl.[CH2-]C.[CH2-]C.[Ti+2]. The molecule has 0 heterocycles. The van der Waals surface area contributed by atoms with Crippen LogP contribution in [0, 0.1) is 13.8 Å². The molecular formula is C4H11ClTi. The average Bonchev–Trinajstić information content (AvgIpc) is 1.50. The van der Waals surface area contributed by atoms with Gasteiger partial charge in [-0.3, -0.25) is 0 Å². The Labute approximate surface area is 62.0 Å². The van der Waals surface area contributed by atoms with Gasteiger partial charge in [-0.15, -0.1) is 12.4 Å². The van der Waals surface area contributed by atoms with Crippen LogP contribution in [0.5, 0.6) is 0 Å². The van der Waals surface area contributed by atoms with Gasteiger partial charge in [-0.1, -0.05) is 0 Å². The molecule has 0 amide bonds. The van der Waals surface area contributed by atoms with Crippen molar-refractivity contribution in [3.63, 3.8) is 0 Å². The first-order valence-corrected chi connectivity index (χ1v) is 1.41. The third kappa shape index (κ3) is 79.6. The summed E-state index contributed by atoms with van der Waals surface area (Å²) in [6.07, 6.45) is 0. The molecule has 2 heteroatoms. The van der Waals surface area contributed by atoms with Crippen LogP contribution < -0.4 is 0 Å². The van der Waals surface area contributed by atoms with E-state index >= 15 is 0 Å². The van der Waals surface area contributed by atoms with E-state index < -0.39 is 0 Å². The molecule has 0 aliphatic rings. The molecule has 0 nitrogen and oxygen atoms in total. The van der Waals surface area contributed by atoms with Crippen molar-refractivity contribution in [3.8, 4) is 0 Å². The fraction of sp³-hybridized carbons (Fsp3) is 0.500. The Balaban J connectivity index is -0.00000000500. The standard InChI is InChI=1S/2C2H5.ClH.Ti/c2*1-2;;/h2*1H2,2H3;1H;/q2*-1;;+2. The molecule has 0 bridgehead atoms. The van der Waals surface area contributed by atoms with Crippen molar-refractivity contribution in [2.75, 3.05) is 0 Å². The molecule has 0 aliphatic heterocycles. The Bertz CT molecular complexity index is 7.51. The molecule has 0 N–H and O–H groups in total. The van der Waals surface area contributed by atoms with E-state index in [1.54, 1.807) is 13.8 Å². The average molecular weight is 142 g/mol. The monoisotopic (exact) mass is 142 g/mol. The summed E-state index contributed by atoms with van der Waals surface area (Å²) in [6.45, 7) is 10.0. The predicted molar refractivity (Wildman–Crippen MR) is 29.3 cm³/mol. The van der Waals surface area contributed by atoms with Crippen molar-refractivity contribution in [3.05, 3.63) is 13.8 Å². The van der Waals surface area contributed by atoms with Crippen LogP contribution in [0.25, 0.3) is 0 Å². The van der Waals surface area contributed by atoms with Gasteiger partial charge in [0.05, 0.1) is 0 Å². The van der Waals surface area contributed by atoms with Crippen molar-refractivity contribution in [1.29, 1.82) is 0 Å². The van der Waals surface area contributed by atoms with Gasteiger partial charge in [-0.2, -0.15) is 13.8 Å². The third-order valence-electron chi connectivity index (χ3n) is 0. The maximum atomic E-state index is 3.25. The van der Waals surface area contributed by atoms with Gasteiger partial charge in [0.25, 0.3) is 0 Å². The molecule has 0 saturated heterocycles. The maximum Gasteiger partial charge on any atom is 2.00 e. The molecule has 0 rings (SSSR count). The number of hydrogen-bond donors (Lipinski definition) is 0. The molecule has 0 aromatic rings. The second-order valence-electron chi connectivity index (χ2n) is 0. The van der Waals surface area contributed by atoms with Gasteiger partial charge in [0.2, 0.25) is 0 Å². The van der Waals surface area contributed by atoms with Gasteiger partial charge in [-0.05, 0) is 0 Å². The first-order chi connectivity index (χ1) is 2.00. The molecule has 0 aromatic heterocycles. The van der Waals surface area contributed by atoms with E-state index in [0.717, 1.165) is 0 Å². The van der Waals surface area contributed by atoms with Crippen LogP contribution in [0.2, 0.25) is 0 Å². The summed E-state index contributed by atoms with van der Waals surface area (Å²) >= 11 is 0. The van der Waals surface area contributed by atoms with Crippen LogP contribution in [0.3, 0.4) is 0 Å². The molecule has 0 radical (unpaired) electrons. The van der Waals surface area contributed by atoms with E-state index in [2.05, 4.69) is 13.8 Å². The molecule has 0 spiro atoms. The van der Waals surface area contributed by atoms with Crippen molar-refractivity contribution in [2.45, 2.75) is 13.8 Å². The second kappa shape index (κ2) is 149. The van der Waals surface area contributed by atoms with Crippen LogP contribution in [0.4, 0.5) is 0 Å². The number of hydrogen-bond acceptors (Lipinski definition) is 0. The Morgan fingerprint density at radius 3 is 0.833 bits per heavy atom. The van der Waals surface area contributed by atoms with Crippen molar-refractivity contribution < 1.29 is 21.7 Å². The van der Waals surface area contributed by atoms with Crippen LogP contribution in [0.15, 0.2) is 0 Å². The van der Waals surface area contributed by atoms with E-state index in [-0.39, 0.29) is 34.1 Å². The summed E-state index contributed by atoms with van der Waals surface area (Å²) in [4.78, 5) is 0. The van der Waals surface area contributed by atoms with Gasteiger partial charge in [0.15, 0.2) is 0 Å². The van der Waals surface area contributed by atoms with Gasteiger partial charge in [0, 0.05) is 0 Å². The van der Waals surface area contributed by atoms with E-state index in [0.29, 0.717) is 0 Å². The minimum Gasteiger partial charge on any atom is -0.346 e. The van der Waals surface area contributed by atoms with Crippen LogP contribution in [0.1, 0.15) is 13.8 Å². The van der Waals surface area contributed by atoms with Crippen molar-refractivity contribution in [2.24, 2.45) is 0 Å². The first kappa shape index (κ1) is 28.0. The molecule has 0 aromatic carbocycles. The summed E-state index contributed by atoms with van der Waals surface area (Å²) in [5, 5.41) is 0. The zero-order chi connectivity index (χ0) is 4.00. The van der Waals surface area contributed by atoms with Gasteiger partial charge in [0.1, 0.15) is 0 Å². The molecular weight excluding hydrogens is 131 g/mol. The Kier molecular flexibility index (Phi) is 695. The maximum absolute atomic E-state index is 3.25. The zero-order valence-electron chi connectivity index (χ0n) is 4.32. The fourth-order valence-corrected chi connectivity index (χ4v) is 0. The summed E-state index contributed by atoms with van der Waals surface area (Å²) in [5.74, 6) is 0. The topological polar surface area (TPSA) is 0 Å². The summed E-state index contributed by atoms with van der Waals surface area (Å²) in [5.41, 5.74) is 0. The summed E-state index contributed by atoms with van der Waals surface area (Å²) < 4.78 is 0. The Hall–Kier alpha value is 1.00. The van der Waals surface area contributed by atoms with Gasteiger partial charge < -0.3 is 13.8 Å². The molecule has 0 atom stereocenters. The Morgan fingerprint density at radius 1 is 0.833 bits per heavy atom. The fourth-order valence-electron chi connectivity index (χ4n) is 0. The molecule has 0 fully saturated rings. The van der Waals surface area contributed by atoms with E-state index in [1.165, 1.54) is 0 Å². The third-order valence-corrected chi connectivity index (χ3v) is 0. The smallest absolute Gasteiger partial charge is 0.346 e. The van der Waals surface area contributed by atoms with E-state index in [9.17, 15) is 0 Å². The normalized spacial score (nSPS) is 2.00. The van der Waals surface area contributed by atoms with Crippen molar-refractivity contribution >= 4 is 12.4 Å². The van der Waals surface area contributed by atoms with Crippen LogP contribution in [-0.4, -0.2) is 0 Å². The minimum atomic E-state index is 0. The zero-order valence-corrected chi connectivity index (χ0v) is 6.70. The minimum absolute atomic E-state index is 0. The first-order valence-electron chi connectivity index (χ1n) is 1.41. The van der Waals surface area contributed by atoms with Crippen molar-refractivity contribution in [1.82, 2.24) is 0 Å². The Morgan fingerprint density at radius 2 is 0.833 bits per heavy atom. The van der Waals surface area contributed by atoms with Gasteiger partial charge >= 0.3 is 21.7 Å². The molecule has 38 valence electrons. The van der Waals surface area contributed by atoms with Crippen LogP contribution >= 0.6 is 12.4 Å². The number of rotatable bonds is 0. The molecule has 6 heavy (non-hydrogen) atoms. The van der Waals surface area contributed by atoms with E-state index in [4.69, 9.17) is 0 Å². The quantitative estimate of drug-likeness (QED) is 0.359. The summed E-state index contributed by atoms with van der Waals surface area (Å²) in [6, 6.07) is 0. The molecule has 0 saturated carbocycles. The largest absolute Gasteiger partial charge is 2.00 e. The summed E-state index contributed by atoms with van der Waals surface area (Å²) in [7, 11) is 0. The van der Waals surface area contributed by atoms with E-state index in [1.807, 2.05) is 0 Å². The molecule has 0 aliphatic carbocycles.